The van der Waals surface area contributed by atoms with Crippen LogP contribution in [0.4, 0.5) is 17.2 Å². The van der Waals surface area contributed by atoms with Crippen LogP contribution in [-0.2, 0) is 9.59 Å². The molecule has 1 aliphatic heterocycles. The summed E-state index contributed by atoms with van der Waals surface area (Å²) < 4.78 is 1.66. The van der Waals surface area contributed by atoms with Crippen molar-refractivity contribution in [1.82, 2.24) is 20.0 Å². The van der Waals surface area contributed by atoms with Crippen LogP contribution in [0.2, 0.25) is 0 Å². The molecule has 0 radical (unpaired) electrons. The number of benzene rings is 1. The molecular formula is C21H23N7O2. The highest BCUT2D eigenvalue weighted by Gasteiger charge is 2.26. The first-order valence-electron chi connectivity index (χ1n) is 9.86. The largest absolute Gasteiger partial charge is 0.355 e. The van der Waals surface area contributed by atoms with Gasteiger partial charge in [0.1, 0.15) is 0 Å². The predicted molar refractivity (Wildman–Crippen MR) is 113 cm³/mol. The Morgan fingerprint density at radius 2 is 1.67 bits per heavy atom. The maximum atomic E-state index is 12.7. The Hall–Kier alpha value is -3.75. The van der Waals surface area contributed by atoms with Crippen molar-refractivity contribution in [3.05, 3.63) is 54.9 Å². The summed E-state index contributed by atoms with van der Waals surface area (Å²) >= 11 is 0. The molecule has 2 aromatic heterocycles. The van der Waals surface area contributed by atoms with Crippen LogP contribution in [-0.4, -0.2) is 44.9 Å². The minimum Gasteiger partial charge on any atom is -0.355 e. The van der Waals surface area contributed by atoms with Gasteiger partial charge in [0.15, 0.2) is 11.6 Å². The molecule has 1 saturated heterocycles. The molecule has 9 nitrogen and oxygen atoms in total. The van der Waals surface area contributed by atoms with Gasteiger partial charge in [0.25, 0.3) is 0 Å². The molecule has 0 bridgehead atoms. The third kappa shape index (κ3) is 4.62. The van der Waals surface area contributed by atoms with Gasteiger partial charge in [0.05, 0.1) is 0 Å². The molecule has 1 fully saturated rings. The SMILES string of the molecule is CC(=O)Nc1cccc(NC(=O)C2CCN(c3ccc(-n4cccn4)nn3)CC2)c1. The molecule has 9 heteroatoms. The van der Waals surface area contributed by atoms with Crippen molar-refractivity contribution < 1.29 is 9.59 Å². The fourth-order valence-electron chi connectivity index (χ4n) is 3.51. The van der Waals surface area contributed by atoms with E-state index in [0.717, 1.165) is 31.7 Å². The van der Waals surface area contributed by atoms with E-state index in [1.165, 1.54) is 6.92 Å². The number of hydrogen-bond donors (Lipinski definition) is 2. The second kappa shape index (κ2) is 8.73. The molecule has 1 aliphatic rings. The highest BCUT2D eigenvalue weighted by molar-refractivity contribution is 5.94. The van der Waals surface area contributed by atoms with Crippen LogP contribution in [0.1, 0.15) is 19.8 Å². The molecule has 0 unspecified atom stereocenters. The number of anilines is 3. The first kappa shape index (κ1) is 19.6. The molecule has 4 rings (SSSR count). The summed E-state index contributed by atoms with van der Waals surface area (Å²) in [4.78, 5) is 26.0. The van der Waals surface area contributed by atoms with Crippen LogP contribution in [0.25, 0.3) is 5.82 Å². The fraction of sp³-hybridized carbons (Fsp3) is 0.286. The highest BCUT2D eigenvalue weighted by atomic mass is 16.2. The molecule has 3 aromatic rings. The van der Waals surface area contributed by atoms with E-state index in [-0.39, 0.29) is 17.7 Å². The van der Waals surface area contributed by atoms with Crippen molar-refractivity contribution in [1.29, 1.82) is 0 Å². The van der Waals surface area contributed by atoms with Gasteiger partial charge in [-0.3, -0.25) is 9.59 Å². The van der Waals surface area contributed by atoms with E-state index in [1.54, 1.807) is 29.1 Å². The summed E-state index contributed by atoms with van der Waals surface area (Å²) in [5.41, 5.74) is 1.33. The van der Waals surface area contributed by atoms with Crippen LogP contribution in [0.5, 0.6) is 0 Å². The van der Waals surface area contributed by atoms with Gasteiger partial charge in [-0.05, 0) is 49.2 Å². The maximum absolute atomic E-state index is 12.7. The molecule has 2 N–H and O–H groups in total. The number of carbonyl (C=O) groups excluding carboxylic acids is 2. The van der Waals surface area contributed by atoms with Crippen LogP contribution in [0.15, 0.2) is 54.9 Å². The van der Waals surface area contributed by atoms with Crippen molar-refractivity contribution in [3.8, 4) is 5.82 Å². The van der Waals surface area contributed by atoms with Gasteiger partial charge >= 0.3 is 0 Å². The Balaban J connectivity index is 1.32. The Morgan fingerprint density at radius 1 is 0.967 bits per heavy atom. The van der Waals surface area contributed by atoms with E-state index in [0.29, 0.717) is 17.2 Å². The number of rotatable bonds is 5. The molecule has 0 saturated carbocycles. The molecule has 2 amide bonds. The average Bonchev–Trinajstić information content (AvgIpc) is 3.29. The first-order chi connectivity index (χ1) is 14.6. The van der Waals surface area contributed by atoms with Gasteiger partial charge < -0.3 is 15.5 Å². The predicted octanol–water partition coefficient (Wildman–Crippen LogP) is 2.48. The average molecular weight is 405 g/mol. The monoisotopic (exact) mass is 405 g/mol. The minimum atomic E-state index is -0.147. The molecule has 1 aromatic carbocycles. The summed E-state index contributed by atoms with van der Waals surface area (Å²) in [6.07, 6.45) is 4.99. The van der Waals surface area contributed by atoms with Gasteiger partial charge in [0.2, 0.25) is 11.8 Å². The van der Waals surface area contributed by atoms with Gasteiger partial charge in [-0.15, -0.1) is 10.2 Å². The molecule has 3 heterocycles. The van der Waals surface area contributed by atoms with E-state index < -0.39 is 0 Å². The van der Waals surface area contributed by atoms with Crippen molar-refractivity contribution in [2.45, 2.75) is 19.8 Å². The summed E-state index contributed by atoms with van der Waals surface area (Å²) in [5, 5.41) is 18.4. The van der Waals surface area contributed by atoms with Crippen molar-refractivity contribution in [2.24, 2.45) is 5.92 Å². The Morgan fingerprint density at radius 3 is 2.30 bits per heavy atom. The van der Waals surface area contributed by atoms with Crippen molar-refractivity contribution in [2.75, 3.05) is 28.6 Å². The zero-order valence-corrected chi connectivity index (χ0v) is 16.7. The Bertz CT molecular complexity index is 1010. The van der Waals surface area contributed by atoms with E-state index in [2.05, 4.69) is 30.8 Å². The van der Waals surface area contributed by atoms with Gasteiger partial charge in [0, 0.05) is 49.7 Å². The minimum absolute atomic E-state index is 0.00487. The molecule has 30 heavy (non-hydrogen) atoms. The molecule has 0 aliphatic carbocycles. The van der Waals surface area contributed by atoms with E-state index in [4.69, 9.17) is 0 Å². The lowest BCUT2D eigenvalue weighted by molar-refractivity contribution is -0.120. The lowest BCUT2D eigenvalue weighted by Crippen LogP contribution is -2.38. The van der Waals surface area contributed by atoms with Crippen LogP contribution >= 0.6 is 0 Å². The van der Waals surface area contributed by atoms with E-state index in [1.807, 2.05) is 30.5 Å². The summed E-state index contributed by atoms with van der Waals surface area (Å²) in [5.74, 6) is 1.25. The van der Waals surface area contributed by atoms with E-state index >= 15 is 0 Å². The summed E-state index contributed by atoms with van der Waals surface area (Å²) in [7, 11) is 0. The van der Waals surface area contributed by atoms with Crippen LogP contribution in [0.3, 0.4) is 0 Å². The third-order valence-electron chi connectivity index (χ3n) is 5.02. The van der Waals surface area contributed by atoms with Crippen molar-refractivity contribution in [3.63, 3.8) is 0 Å². The number of piperidine rings is 1. The van der Waals surface area contributed by atoms with E-state index in [9.17, 15) is 9.59 Å². The lowest BCUT2D eigenvalue weighted by Gasteiger charge is -2.31. The van der Waals surface area contributed by atoms with Gasteiger partial charge in [-0.25, -0.2) is 4.68 Å². The second-order valence-electron chi connectivity index (χ2n) is 7.21. The van der Waals surface area contributed by atoms with Crippen LogP contribution in [0, 0.1) is 5.92 Å². The third-order valence-corrected chi connectivity index (χ3v) is 5.02. The number of nitrogens with one attached hydrogen (secondary N) is 2. The normalized spacial score (nSPS) is 14.4. The zero-order chi connectivity index (χ0) is 20.9. The Kier molecular flexibility index (Phi) is 5.69. The fourth-order valence-corrected chi connectivity index (χ4v) is 3.51. The van der Waals surface area contributed by atoms with Crippen molar-refractivity contribution >= 4 is 29.0 Å². The number of carbonyl (C=O) groups is 2. The second-order valence-corrected chi connectivity index (χ2v) is 7.21. The number of nitrogens with zero attached hydrogens (tertiary/aromatic N) is 5. The summed E-state index contributed by atoms with van der Waals surface area (Å²) in [6.45, 7) is 2.92. The number of hydrogen-bond acceptors (Lipinski definition) is 6. The highest BCUT2D eigenvalue weighted by Crippen LogP contribution is 2.24. The number of aromatic nitrogens is 4. The summed E-state index contributed by atoms with van der Waals surface area (Å²) in [6, 6.07) is 12.8. The lowest BCUT2D eigenvalue weighted by atomic mass is 9.96. The molecule has 0 atom stereocenters. The van der Waals surface area contributed by atoms with Gasteiger partial charge in [-0.2, -0.15) is 5.10 Å². The topological polar surface area (TPSA) is 105 Å². The molecule has 0 spiro atoms. The maximum Gasteiger partial charge on any atom is 0.227 e. The van der Waals surface area contributed by atoms with Gasteiger partial charge in [-0.1, -0.05) is 6.07 Å². The van der Waals surface area contributed by atoms with Crippen LogP contribution < -0.4 is 15.5 Å². The molecule has 154 valence electrons. The molecular weight excluding hydrogens is 382 g/mol. The first-order valence-corrected chi connectivity index (χ1v) is 9.86. The number of amides is 2. The zero-order valence-electron chi connectivity index (χ0n) is 16.7. The quantitative estimate of drug-likeness (QED) is 0.676. The smallest absolute Gasteiger partial charge is 0.227 e. The Labute approximate surface area is 174 Å². The standard InChI is InChI=1S/C21H23N7O2/c1-15(29)23-17-4-2-5-18(14-17)24-21(30)16-8-12-27(13-9-16)19-6-7-20(26-25-19)28-11-3-10-22-28/h2-7,10-11,14,16H,8-9,12-13H2,1H3,(H,23,29)(H,24,30).